The van der Waals surface area contributed by atoms with Crippen LogP contribution in [0.1, 0.15) is 13.3 Å². The van der Waals surface area contributed by atoms with E-state index in [0.717, 1.165) is 29.3 Å². The van der Waals surface area contributed by atoms with Gasteiger partial charge < -0.3 is 10.1 Å². The molecular formula is C12H13NO. The van der Waals surface area contributed by atoms with Crippen LogP contribution in [0, 0.1) is 0 Å². The third kappa shape index (κ3) is 1.51. The zero-order valence-corrected chi connectivity index (χ0v) is 8.21. The van der Waals surface area contributed by atoms with E-state index in [9.17, 15) is 0 Å². The first-order chi connectivity index (χ1) is 6.81. The zero-order chi connectivity index (χ0) is 9.97. The Bertz CT molecular complexity index is 393. The van der Waals surface area contributed by atoms with Gasteiger partial charge in [-0.3, -0.25) is 0 Å². The SMILES string of the molecule is C=C1Nc2ccccc2O/C1=C/CC. The summed E-state index contributed by atoms with van der Waals surface area (Å²) in [7, 11) is 0. The molecule has 0 amide bonds. The van der Waals surface area contributed by atoms with Crippen molar-refractivity contribution >= 4 is 5.69 Å². The van der Waals surface area contributed by atoms with Gasteiger partial charge in [0.2, 0.25) is 0 Å². The lowest BCUT2D eigenvalue weighted by molar-refractivity contribution is 0.428. The van der Waals surface area contributed by atoms with Crippen LogP contribution in [0.25, 0.3) is 0 Å². The minimum absolute atomic E-state index is 0.825. The van der Waals surface area contributed by atoms with Crippen LogP contribution in [0.5, 0.6) is 5.75 Å². The van der Waals surface area contributed by atoms with Gasteiger partial charge in [0, 0.05) is 0 Å². The summed E-state index contributed by atoms with van der Waals surface area (Å²) in [5.41, 5.74) is 1.80. The highest BCUT2D eigenvalue weighted by Gasteiger charge is 2.15. The summed E-state index contributed by atoms with van der Waals surface area (Å²) < 4.78 is 5.68. The van der Waals surface area contributed by atoms with E-state index >= 15 is 0 Å². The smallest absolute Gasteiger partial charge is 0.150 e. The molecule has 0 radical (unpaired) electrons. The molecule has 72 valence electrons. The van der Waals surface area contributed by atoms with Gasteiger partial charge in [-0.15, -0.1) is 0 Å². The monoisotopic (exact) mass is 187 g/mol. The summed E-state index contributed by atoms with van der Waals surface area (Å²) in [5.74, 6) is 1.69. The van der Waals surface area contributed by atoms with Crippen LogP contribution >= 0.6 is 0 Å². The third-order valence-electron chi connectivity index (χ3n) is 2.08. The van der Waals surface area contributed by atoms with E-state index in [-0.39, 0.29) is 0 Å². The largest absolute Gasteiger partial charge is 0.453 e. The maximum Gasteiger partial charge on any atom is 0.150 e. The van der Waals surface area contributed by atoms with Crippen molar-refractivity contribution in [2.45, 2.75) is 13.3 Å². The fraction of sp³-hybridized carbons (Fsp3) is 0.167. The average Bonchev–Trinajstić information content (AvgIpc) is 2.19. The number of benzene rings is 1. The first-order valence-corrected chi connectivity index (χ1v) is 4.74. The van der Waals surface area contributed by atoms with E-state index in [1.807, 2.05) is 30.3 Å². The Kier molecular flexibility index (Phi) is 2.27. The number of hydrogen-bond donors (Lipinski definition) is 1. The number of para-hydroxylation sites is 2. The van der Waals surface area contributed by atoms with E-state index < -0.39 is 0 Å². The number of nitrogens with one attached hydrogen (secondary N) is 1. The highest BCUT2D eigenvalue weighted by atomic mass is 16.5. The number of ether oxygens (including phenoxy) is 1. The van der Waals surface area contributed by atoms with Crippen LogP contribution in [0.15, 0.2) is 48.4 Å². The van der Waals surface area contributed by atoms with Gasteiger partial charge in [-0.2, -0.15) is 0 Å². The molecule has 0 bridgehead atoms. The highest BCUT2D eigenvalue weighted by molar-refractivity contribution is 5.64. The molecule has 0 spiro atoms. The van der Waals surface area contributed by atoms with Gasteiger partial charge in [-0.1, -0.05) is 25.6 Å². The molecule has 1 aromatic carbocycles. The molecule has 0 saturated heterocycles. The van der Waals surface area contributed by atoms with E-state index in [4.69, 9.17) is 4.74 Å². The van der Waals surface area contributed by atoms with Gasteiger partial charge in [0.25, 0.3) is 0 Å². The van der Waals surface area contributed by atoms with Crippen LogP contribution in [-0.4, -0.2) is 0 Å². The van der Waals surface area contributed by atoms with Crippen LogP contribution in [-0.2, 0) is 0 Å². The predicted molar refractivity (Wildman–Crippen MR) is 58.2 cm³/mol. The Morgan fingerprint density at radius 2 is 2.21 bits per heavy atom. The van der Waals surface area contributed by atoms with Gasteiger partial charge in [0.15, 0.2) is 5.75 Å². The minimum atomic E-state index is 0.825. The van der Waals surface area contributed by atoms with Crippen molar-refractivity contribution in [3.05, 3.63) is 48.4 Å². The Morgan fingerprint density at radius 3 is 3.00 bits per heavy atom. The average molecular weight is 187 g/mol. The zero-order valence-electron chi connectivity index (χ0n) is 8.21. The molecule has 2 rings (SSSR count). The Hall–Kier alpha value is -1.70. The van der Waals surface area contributed by atoms with E-state index in [2.05, 4.69) is 18.8 Å². The molecule has 0 unspecified atom stereocenters. The molecule has 14 heavy (non-hydrogen) atoms. The quantitative estimate of drug-likeness (QED) is 0.728. The fourth-order valence-corrected chi connectivity index (χ4v) is 1.41. The second-order valence-corrected chi connectivity index (χ2v) is 3.18. The molecule has 0 saturated carbocycles. The number of allylic oxidation sites excluding steroid dienone is 1. The lowest BCUT2D eigenvalue weighted by atomic mass is 10.2. The summed E-state index contributed by atoms with van der Waals surface area (Å²) in [4.78, 5) is 0. The molecule has 1 aromatic rings. The molecule has 0 aromatic heterocycles. The Morgan fingerprint density at radius 1 is 1.43 bits per heavy atom. The molecule has 0 aliphatic carbocycles. The standard InChI is InChI=1S/C12H13NO/c1-3-6-11-9(2)13-10-7-4-5-8-12(10)14-11/h4-8,13H,2-3H2,1H3/b11-6+. The molecule has 1 aliphatic heterocycles. The van der Waals surface area contributed by atoms with E-state index in [1.165, 1.54) is 0 Å². The van der Waals surface area contributed by atoms with Gasteiger partial charge in [-0.25, -0.2) is 0 Å². The highest BCUT2D eigenvalue weighted by Crippen LogP contribution is 2.33. The van der Waals surface area contributed by atoms with Crippen molar-refractivity contribution in [1.82, 2.24) is 0 Å². The summed E-state index contributed by atoms with van der Waals surface area (Å²) in [6, 6.07) is 7.84. The lowest BCUT2D eigenvalue weighted by Crippen LogP contribution is -2.13. The normalized spacial score (nSPS) is 17.2. The maximum atomic E-state index is 5.68. The molecule has 0 atom stereocenters. The molecule has 0 fully saturated rings. The van der Waals surface area contributed by atoms with Gasteiger partial charge in [0.1, 0.15) is 5.76 Å². The topological polar surface area (TPSA) is 21.3 Å². The molecule has 1 aliphatic rings. The predicted octanol–water partition coefficient (Wildman–Crippen LogP) is 3.30. The van der Waals surface area contributed by atoms with Crippen LogP contribution in [0.3, 0.4) is 0 Å². The lowest BCUT2D eigenvalue weighted by Gasteiger charge is -2.22. The van der Waals surface area contributed by atoms with Crippen molar-refractivity contribution < 1.29 is 4.74 Å². The van der Waals surface area contributed by atoms with Crippen molar-refractivity contribution in [2.75, 3.05) is 5.32 Å². The second-order valence-electron chi connectivity index (χ2n) is 3.18. The van der Waals surface area contributed by atoms with E-state index in [0.29, 0.717) is 0 Å². The van der Waals surface area contributed by atoms with Crippen molar-refractivity contribution in [2.24, 2.45) is 0 Å². The molecular weight excluding hydrogens is 174 g/mol. The molecule has 2 heteroatoms. The molecule has 1 heterocycles. The minimum Gasteiger partial charge on any atom is -0.453 e. The maximum absolute atomic E-state index is 5.68. The van der Waals surface area contributed by atoms with Crippen LogP contribution in [0.4, 0.5) is 5.69 Å². The van der Waals surface area contributed by atoms with Crippen molar-refractivity contribution in [3.63, 3.8) is 0 Å². The summed E-state index contributed by atoms with van der Waals surface area (Å²) in [6.07, 6.45) is 2.96. The Balaban J connectivity index is 2.36. The van der Waals surface area contributed by atoms with Crippen molar-refractivity contribution in [1.29, 1.82) is 0 Å². The molecule has 2 nitrogen and oxygen atoms in total. The third-order valence-corrected chi connectivity index (χ3v) is 2.08. The van der Waals surface area contributed by atoms with Gasteiger partial charge in [-0.05, 0) is 24.6 Å². The fourth-order valence-electron chi connectivity index (χ4n) is 1.41. The first-order valence-electron chi connectivity index (χ1n) is 4.74. The van der Waals surface area contributed by atoms with E-state index in [1.54, 1.807) is 0 Å². The summed E-state index contributed by atoms with van der Waals surface area (Å²) >= 11 is 0. The number of fused-ring (bicyclic) bond motifs is 1. The summed E-state index contributed by atoms with van der Waals surface area (Å²) in [5, 5.41) is 3.21. The van der Waals surface area contributed by atoms with Crippen molar-refractivity contribution in [3.8, 4) is 5.75 Å². The number of rotatable bonds is 1. The summed E-state index contributed by atoms with van der Waals surface area (Å²) in [6.45, 7) is 5.98. The second kappa shape index (κ2) is 3.58. The first kappa shape index (κ1) is 8.88. The van der Waals surface area contributed by atoms with Gasteiger partial charge in [0.05, 0.1) is 11.4 Å². The molecule has 1 N–H and O–H groups in total. The van der Waals surface area contributed by atoms with Crippen LogP contribution in [0.2, 0.25) is 0 Å². The number of anilines is 1. The Labute approximate surface area is 83.9 Å². The van der Waals surface area contributed by atoms with Crippen LogP contribution < -0.4 is 10.1 Å². The number of hydrogen-bond acceptors (Lipinski definition) is 2. The van der Waals surface area contributed by atoms with Gasteiger partial charge >= 0.3 is 0 Å².